The van der Waals surface area contributed by atoms with Crippen LogP contribution in [-0.2, 0) is 0 Å². The third-order valence-corrected chi connectivity index (χ3v) is 5.42. The van der Waals surface area contributed by atoms with E-state index in [-0.39, 0.29) is 11.9 Å². The first kappa shape index (κ1) is 15.3. The highest BCUT2D eigenvalue weighted by molar-refractivity contribution is 7.12. The Bertz CT molecular complexity index is 757. The lowest BCUT2D eigenvalue weighted by atomic mass is 10.0. The molecule has 1 saturated heterocycles. The Labute approximate surface area is 144 Å². The number of ether oxygens (including phenoxy) is 3. The number of hydrogen-bond acceptors (Lipinski definition) is 5. The van der Waals surface area contributed by atoms with E-state index in [1.807, 2.05) is 28.5 Å². The van der Waals surface area contributed by atoms with E-state index in [0.717, 1.165) is 30.7 Å². The number of carbonyl (C=O) groups is 1. The molecular formula is C18H19NO4S. The summed E-state index contributed by atoms with van der Waals surface area (Å²) in [5.41, 5.74) is 1.11. The Kier molecular flexibility index (Phi) is 4.06. The predicted octanol–water partition coefficient (Wildman–Crippen LogP) is 3.51. The zero-order chi connectivity index (χ0) is 16.5. The van der Waals surface area contributed by atoms with Gasteiger partial charge >= 0.3 is 0 Å². The van der Waals surface area contributed by atoms with Gasteiger partial charge in [-0.25, -0.2) is 0 Å². The van der Waals surface area contributed by atoms with E-state index in [1.54, 1.807) is 7.11 Å². The summed E-state index contributed by atoms with van der Waals surface area (Å²) in [5, 5.41) is 1.86. The van der Waals surface area contributed by atoms with E-state index in [9.17, 15) is 4.79 Å². The van der Waals surface area contributed by atoms with Crippen LogP contribution >= 0.6 is 11.3 Å². The monoisotopic (exact) mass is 345 g/mol. The van der Waals surface area contributed by atoms with Crippen LogP contribution in [0.25, 0.3) is 0 Å². The van der Waals surface area contributed by atoms with Gasteiger partial charge in [0.15, 0.2) is 11.5 Å². The van der Waals surface area contributed by atoms with Gasteiger partial charge in [-0.2, -0.15) is 0 Å². The van der Waals surface area contributed by atoms with Gasteiger partial charge in [-0.15, -0.1) is 11.3 Å². The van der Waals surface area contributed by atoms with Crippen molar-refractivity contribution < 1.29 is 19.0 Å². The fraction of sp³-hybridized carbons (Fsp3) is 0.389. The number of likely N-dealkylation sites (tertiary alicyclic amines) is 1. The van der Waals surface area contributed by atoms with Gasteiger partial charge in [0.25, 0.3) is 5.91 Å². The molecule has 0 radical (unpaired) electrons. The van der Waals surface area contributed by atoms with Crippen molar-refractivity contribution in [3.8, 4) is 17.2 Å². The van der Waals surface area contributed by atoms with Gasteiger partial charge in [0.1, 0.15) is 23.8 Å². The number of methoxy groups -OCH3 is 1. The van der Waals surface area contributed by atoms with E-state index < -0.39 is 0 Å². The standard InChI is InChI=1S/C18H19NO4S/c1-21-13-5-2-4-12(10-13)14-6-3-7-19(14)18(20)17-16-15(11-24-17)22-8-9-23-16/h2,4-5,10-11,14H,3,6-9H2,1H3/t14-/m0/s1. The smallest absolute Gasteiger partial charge is 0.268 e. The average Bonchev–Trinajstić information content (AvgIpc) is 3.28. The van der Waals surface area contributed by atoms with Crippen molar-refractivity contribution in [3.63, 3.8) is 0 Å². The predicted molar refractivity (Wildman–Crippen MR) is 91.3 cm³/mol. The molecule has 6 heteroatoms. The number of rotatable bonds is 3. The van der Waals surface area contributed by atoms with Crippen molar-refractivity contribution in [2.75, 3.05) is 26.9 Å². The second-order valence-electron chi connectivity index (χ2n) is 5.89. The molecule has 1 aromatic carbocycles. The van der Waals surface area contributed by atoms with E-state index in [0.29, 0.717) is 29.6 Å². The molecule has 24 heavy (non-hydrogen) atoms. The first-order valence-corrected chi connectivity index (χ1v) is 8.98. The van der Waals surface area contributed by atoms with Crippen LogP contribution < -0.4 is 14.2 Å². The van der Waals surface area contributed by atoms with Gasteiger partial charge in [0.2, 0.25) is 0 Å². The van der Waals surface area contributed by atoms with Crippen molar-refractivity contribution in [1.82, 2.24) is 4.90 Å². The minimum absolute atomic E-state index is 0.0251. The van der Waals surface area contributed by atoms with Gasteiger partial charge < -0.3 is 19.1 Å². The van der Waals surface area contributed by atoms with Crippen LogP contribution in [0.3, 0.4) is 0 Å². The fourth-order valence-electron chi connectivity index (χ4n) is 3.35. The number of nitrogens with zero attached hydrogens (tertiary/aromatic N) is 1. The third kappa shape index (κ3) is 2.60. The zero-order valence-electron chi connectivity index (χ0n) is 13.5. The molecule has 0 unspecified atom stereocenters. The third-order valence-electron chi connectivity index (χ3n) is 4.49. The number of hydrogen-bond donors (Lipinski definition) is 0. The van der Waals surface area contributed by atoms with Crippen LogP contribution in [0, 0.1) is 0 Å². The summed E-state index contributed by atoms with van der Waals surface area (Å²) < 4.78 is 16.5. The van der Waals surface area contributed by atoms with Gasteiger partial charge in [-0.1, -0.05) is 12.1 Å². The molecule has 0 aliphatic carbocycles. The summed E-state index contributed by atoms with van der Waals surface area (Å²) >= 11 is 1.40. The lowest BCUT2D eigenvalue weighted by Gasteiger charge is -2.25. The van der Waals surface area contributed by atoms with Crippen LogP contribution in [-0.4, -0.2) is 37.7 Å². The normalized spacial score (nSPS) is 19.4. The molecule has 1 aromatic heterocycles. The highest BCUT2D eigenvalue weighted by atomic mass is 32.1. The van der Waals surface area contributed by atoms with E-state index in [4.69, 9.17) is 14.2 Å². The molecule has 1 atom stereocenters. The van der Waals surface area contributed by atoms with Crippen molar-refractivity contribution in [3.05, 3.63) is 40.1 Å². The molecule has 1 amide bonds. The van der Waals surface area contributed by atoms with Crippen molar-refractivity contribution >= 4 is 17.2 Å². The molecule has 0 N–H and O–H groups in total. The average molecular weight is 345 g/mol. The summed E-state index contributed by atoms with van der Waals surface area (Å²) in [6.45, 7) is 1.78. The second kappa shape index (κ2) is 6.36. The molecule has 2 aliphatic rings. The molecule has 4 rings (SSSR count). The zero-order valence-corrected chi connectivity index (χ0v) is 14.3. The first-order valence-electron chi connectivity index (χ1n) is 8.10. The van der Waals surface area contributed by atoms with Crippen LogP contribution in [0.2, 0.25) is 0 Å². The van der Waals surface area contributed by atoms with Gasteiger partial charge in [-0.3, -0.25) is 4.79 Å². The topological polar surface area (TPSA) is 48.0 Å². The Morgan fingerprint density at radius 2 is 2.21 bits per heavy atom. The largest absolute Gasteiger partial charge is 0.497 e. The highest BCUT2D eigenvalue weighted by Gasteiger charge is 2.34. The number of carbonyl (C=O) groups excluding carboxylic acids is 1. The second-order valence-corrected chi connectivity index (χ2v) is 6.77. The molecule has 0 spiro atoms. The van der Waals surface area contributed by atoms with Crippen LogP contribution in [0.4, 0.5) is 0 Å². The number of fused-ring (bicyclic) bond motifs is 1. The van der Waals surface area contributed by atoms with E-state index >= 15 is 0 Å². The minimum atomic E-state index is 0.0251. The van der Waals surface area contributed by atoms with Crippen LogP contribution in [0.5, 0.6) is 17.2 Å². The van der Waals surface area contributed by atoms with Gasteiger partial charge in [0.05, 0.1) is 13.2 Å². The Hall–Kier alpha value is -2.21. The molecule has 126 valence electrons. The Morgan fingerprint density at radius 1 is 1.33 bits per heavy atom. The van der Waals surface area contributed by atoms with Crippen molar-refractivity contribution in [2.45, 2.75) is 18.9 Å². The van der Waals surface area contributed by atoms with Crippen LogP contribution in [0.1, 0.15) is 34.1 Å². The van der Waals surface area contributed by atoms with Crippen molar-refractivity contribution in [1.29, 1.82) is 0 Å². The van der Waals surface area contributed by atoms with Crippen LogP contribution in [0.15, 0.2) is 29.6 Å². The molecule has 3 heterocycles. The number of amides is 1. The molecule has 2 aromatic rings. The van der Waals surface area contributed by atoms with E-state index in [2.05, 4.69) is 6.07 Å². The molecule has 2 aliphatic heterocycles. The fourth-order valence-corrected chi connectivity index (χ4v) is 4.23. The summed E-state index contributed by atoms with van der Waals surface area (Å²) in [6.07, 6.45) is 1.96. The summed E-state index contributed by atoms with van der Waals surface area (Å²) in [5.74, 6) is 2.13. The highest BCUT2D eigenvalue weighted by Crippen LogP contribution is 2.42. The maximum Gasteiger partial charge on any atom is 0.268 e. The SMILES string of the molecule is COc1cccc([C@@H]2CCCN2C(=O)c2scc3c2OCCO3)c1. The first-order chi connectivity index (χ1) is 11.8. The summed E-state index contributed by atoms with van der Waals surface area (Å²) in [6, 6.07) is 8.04. The summed E-state index contributed by atoms with van der Waals surface area (Å²) in [7, 11) is 1.66. The molecule has 1 fully saturated rings. The lowest BCUT2D eigenvalue weighted by Crippen LogP contribution is -2.30. The van der Waals surface area contributed by atoms with E-state index in [1.165, 1.54) is 11.3 Å². The van der Waals surface area contributed by atoms with Gasteiger partial charge in [0, 0.05) is 11.9 Å². The van der Waals surface area contributed by atoms with Crippen molar-refractivity contribution in [2.24, 2.45) is 0 Å². The number of thiophene rings is 1. The lowest BCUT2D eigenvalue weighted by molar-refractivity contribution is 0.0731. The molecule has 0 bridgehead atoms. The Morgan fingerprint density at radius 3 is 3.08 bits per heavy atom. The molecule has 0 saturated carbocycles. The Balaban J connectivity index is 1.62. The molecule has 5 nitrogen and oxygen atoms in total. The molecular weight excluding hydrogens is 326 g/mol. The quantitative estimate of drug-likeness (QED) is 0.854. The minimum Gasteiger partial charge on any atom is -0.497 e. The maximum absolute atomic E-state index is 13.1. The summed E-state index contributed by atoms with van der Waals surface area (Å²) in [4.78, 5) is 15.7. The maximum atomic E-state index is 13.1. The number of benzene rings is 1. The van der Waals surface area contributed by atoms with Gasteiger partial charge in [-0.05, 0) is 30.5 Å².